The summed E-state index contributed by atoms with van der Waals surface area (Å²) in [6.45, 7) is 11.7. The zero-order valence-corrected chi connectivity index (χ0v) is 15.1. The van der Waals surface area contributed by atoms with E-state index in [1.165, 1.54) is 0 Å². The van der Waals surface area contributed by atoms with Crippen molar-refractivity contribution in [2.24, 2.45) is 0 Å². The van der Waals surface area contributed by atoms with Gasteiger partial charge in [-0.3, -0.25) is 9.69 Å². The number of amides is 1. The second-order valence-corrected chi connectivity index (χ2v) is 15.4. The molecule has 1 fully saturated rings. The zero-order valence-electron chi connectivity index (χ0n) is 13.1. The van der Waals surface area contributed by atoms with Gasteiger partial charge in [-0.15, -0.1) is 0 Å². The Balaban J connectivity index is 2.51. The Morgan fingerprint density at radius 2 is 1.95 bits per heavy atom. The van der Waals surface area contributed by atoms with E-state index < -0.39 is 16.6 Å². The Hall–Kier alpha value is -0.596. The molecule has 1 rings (SSSR count). The molecule has 1 heterocycles. The molecule has 4 nitrogen and oxygen atoms in total. The van der Waals surface area contributed by atoms with Crippen LogP contribution in [0, 0.1) is 0 Å². The Kier molecular flexibility index (Phi) is 5.40. The standard InChI is InChI=1S/C13H28N2O2Si2/c1-15-9-7-8-12(15)13(16)14-19(5,6)11-10-17-18(2,3)4/h10-12H,7-9H2,1-6H3,(H,14,16)/t12-/m0/s1. The highest BCUT2D eigenvalue weighted by Crippen LogP contribution is 2.15. The van der Waals surface area contributed by atoms with Gasteiger partial charge >= 0.3 is 0 Å². The van der Waals surface area contributed by atoms with Crippen molar-refractivity contribution in [2.45, 2.75) is 51.6 Å². The van der Waals surface area contributed by atoms with Crippen molar-refractivity contribution >= 4 is 22.5 Å². The lowest BCUT2D eigenvalue weighted by Gasteiger charge is -2.25. The Labute approximate surface area is 119 Å². The second-order valence-electron chi connectivity index (χ2n) is 6.88. The summed E-state index contributed by atoms with van der Waals surface area (Å²) in [4.78, 5) is 17.6. The molecule has 110 valence electrons. The van der Waals surface area contributed by atoms with Gasteiger partial charge < -0.3 is 9.41 Å². The summed E-state index contributed by atoms with van der Waals surface area (Å²) in [5.41, 5.74) is 2.07. The SMILES string of the molecule is CN1CCC[C@H]1C(=O)N[Si](C)(C)C=CO[Si](C)(C)C. The van der Waals surface area contributed by atoms with E-state index in [9.17, 15) is 4.79 Å². The van der Waals surface area contributed by atoms with Gasteiger partial charge in [0.25, 0.3) is 0 Å². The van der Waals surface area contributed by atoms with Crippen molar-refractivity contribution in [2.75, 3.05) is 13.6 Å². The molecule has 19 heavy (non-hydrogen) atoms. The lowest BCUT2D eigenvalue weighted by atomic mass is 10.2. The van der Waals surface area contributed by atoms with Crippen LogP contribution in [0.4, 0.5) is 0 Å². The second kappa shape index (κ2) is 6.24. The smallest absolute Gasteiger partial charge is 0.241 e. The third kappa shape index (κ3) is 5.92. The van der Waals surface area contributed by atoms with Crippen LogP contribution in [0.5, 0.6) is 0 Å². The van der Waals surface area contributed by atoms with E-state index in [1.807, 2.05) is 7.05 Å². The third-order valence-corrected chi connectivity index (χ3v) is 5.88. The van der Waals surface area contributed by atoms with Crippen LogP contribution in [0.25, 0.3) is 0 Å². The number of hydrogen-bond acceptors (Lipinski definition) is 3. The normalized spacial score (nSPS) is 21.9. The van der Waals surface area contributed by atoms with Crippen molar-refractivity contribution in [3.63, 3.8) is 0 Å². The van der Waals surface area contributed by atoms with Gasteiger partial charge in [0.15, 0.2) is 8.24 Å². The van der Waals surface area contributed by atoms with Gasteiger partial charge in [0.2, 0.25) is 14.2 Å². The van der Waals surface area contributed by atoms with E-state index in [0.717, 1.165) is 19.4 Å². The topological polar surface area (TPSA) is 41.6 Å². The Morgan fingerprint density at radius 1 is 1.32 bits per heavy atom. The van der Waals surface area contributed by atoms with Crippen molar-refractivity contribution in [1.82, 2.24) is 9.88 Å². The van der Waals surface area contributed by atoms with Crippen LogP contribution < -0.4 is 4.98 Å². The molecule has 0 unspecified atom stereocenters. The molecule has 1 N–H and O–H groups in total. The van der Waals surface area contributed by atoms with Gasteiger partial charge in [0.1, 0.15) is 0 Å². The number of nitrogens with one attached hydrogen (secondary N) is 1. The van der Waals surface area contributed by atoms with Gasteiger partial charge in [-0.1, -0.05) is 0 Å². The maximum Gasteiger partial charge on any atom is 0.241 e. The summed E-state index contributed by atoms with van der Waals surface area (Å²) in [6, 6.07) is 0.0538. The van der Waals surface area contributed by atoms with E-state index >= 15 is 0 Å². The van der Waals surface area contributed by atoms with Crippen LogP contribution in [0.15, 0.2) is 12.0 Å². The van der Waals surface area contributed by atoms with Crippen LogP contribution in [-0.2, 0) is 9.22 Å². The fourth-order valence-electron chi connectivity index (χ4n) is 2.09. The lowest BCUT2D eigenvalue weighted by molar-refractivity contribution is -0.123. The lowest BCUT2D eigenvalue weighted by Crippen LogP contribution is -2.53. The average molecular weight is 301 g/mol. The molecule has 6 heteroatoms. The monoisotopic (exact) mass is 300 g/mol. The summed E-state index contributed by atoms with van der Waals surface area (Å²) >= 11 is 0. The Morgan fingerprint density at radius 3 is 2.42 bits per heavy atom. The molecule has 0 aromatic rings. The highest BCUT2D eigenvalue weighted by Gasteiger charge is 2.31. The first kappa shape index (κ1) is 16.5. The molecular weight excluding hydrogens is 272 g/mol. The van der Waals surface area contributed by atoms with Crippen molar-refractivity contribution < 1.29 is 9.22 Å². The number of carbonyl (C=O) groups is 1. The minimum absolute atomic E-state index is 0.0538. The average Bonchev–Trinajstić information content (AvgIpc) is 2.60. The van der Waals surface area contributed by atoms with E-state index in [0.29, 0.717) is 0 Å². The summed E-state index contributed by atoms with van der Waals surface area (Å²) < 4.78 is 5.72. The number of likely N-dealkylation sites (N-methyl/N-ethyl adjacent to an activating group) is 1. The van der Waals surface area contributed by atoms with Crippen molar-refractivity contribution in [3.05, 3.63) is 12.0 Å². The minimum atomic E-state index is -1.87. The summed E-state index contributed by atoms with van der Waals surface area (Å²) in [5.74, 6) is 0.175. The first-order valence-corrected chi connectivity index (χ1v) is 13.5. The van der Waals surface area contributed by atoms with Crippen molar-refractivity contribution in [3.8, 4) is 0 Å². The van der Waals surface area contributed by atoms with E-state index in [2.05, 4.69) is 48.3 Å². The van der Waals surface area contributed by atoms with Crippen LogP contribution >= 0.6 is 0 Å². The van der Waals surface area contributed by atoms with Crippen LogP contribution in [-0.4, -0.2) is 47.0 Å². The highest BCUT2D eigenvalue weighted by atomic mass is 28.4. The molecule has 1 aliphatic heterocycles. The van der Waals surface area contributed by atoms with Gasteiger partial charge in [0.05, 0.1) is 12.3 Å². The van der Waals surface area contributed by atoms with Gasteiger partial charge in [-0.25, -0.2) is 0 Å². The number of nitrogens with zero attached hydrogens (tertiary/aromatic N) is 1. The molecule has 1 saturated heterocycles. The molecule has 0 aromatic heterocycles. The maximum absolute atomic E-state index is 12.2. The summed E-state index contributed by atoms with van der Waals surface area (Å²) in [5, 5.41) is 0. The van der Waals surface area contributed by atoms with Crippen molar-refractivity contribution in [1.29, 1.82) is 0 Å². The molecular formula is C13H28N2O2Si2. The van der Waals surface area contributed by atoms with E-state index in [4.69, 9.17) is 4.43 Å². The van der Waals surface area contributed by atoms with Gasteiger partial charge in [-0.2, -0.15) is 0 Å². The molecule has 0 aliphatic carbocycles. The molecule has 0 saturated carbocycles. The number of carbonyl (C=O) groups excluding carboxylic acids is 1. The first-order chi connectivity index (χ1) is 8.61. The minimum Gasteiger partial charge on any atom is -0.550 e. The fraction of sp³-hybridized carbons (Fsp3) is 0.769. The summed E-state index contributed by atoms with van der Waals surface area (Å²) in [6.07, 6.45) is 3.89. The number of rotatable bonds is 5. The largest absolute Gasteiger partial charge is 0.550 e. The third-order valence-electron chi connectivity index (χ3n) is 3.17. The van der Waals surface area contributed by atoms with Gasteiger partial charge in [0, 0.05) is 0 Å². The van der Waals surface area contributed by atoms with Crippen LogP contribution in [0.2, 0.25) is 32.7 Å². The van der Waals surface area contributed by atoms with E-state index in [1.54, 1.807) is 6.26 Å². The number of likely N-dealkylation sites (tertiary alicyclic amines) is 1. The van der Waals surface area contributed by atoms with Gasteiger partial charge in [-0.05, 0) is 64.9 Å². The molecule has 1 amide bonds. The molecule has 1 aliphatic rings. The highest BCUT2D eigenvalue weighted by molar-refractivity contribution is 6.81. The predicted octanol–water partition coefficient (Wildman–Crippen LogP) is 2.31. The predicted molar refractivity (Wildman–Crippen MR) is 84.8 cm³/mol. The van der Waals surface area contributed by atoms with Crippen LogP contribution in [0.3, 0.4) is 0 Å². The fourth-order valence-corrected chi connectivity index (χ4v) is 4.00. The number of hydrogen-bond donors (Lipinski definition) is 1. The quantitative estimate of drug-likeness (QED) is 0.626. The zero-order chi connectivity index (χ0) is 14.7. The maximum atomic E-state index is 12.2. The Bertz CT molecular complexity index is 351. The van der Waals surface area contributed by atoms with E-state index in [-0.39, 0.29) is 11.9 Å². The van der Waals surface area contributed by atoms with Crippen LogP contribution in [0.1, 0.15) is 12.8 Å². The molecule has 1 atom stereocenters. The molecule has 0 radical (unpaired) electrons. The molecule has 0 aromatic carbocycles. The molecule has 0 spiro atoms. The summed E-state index contributed by atoms with van der Waals surface area (Å²) in [7, 11) is -1.37. The first-order valence-electron chi connectivity index (χ1n) is 6.98. The molecule has 0 bridgehead atoms.